The number of carbonyl (C=O) groups is 2. The zero-order valence-electron chi connectivity index (χ0n) is 17.3. The van der Waals surface area contributed by atoms with E-state index in [4.69, 9.17) is 4.74 Å². The Kier molecular flexibility index (Phi) is 6.37. The van der Waals surface area contributed by atoms with Crippen molar-refractivity contribution in [3.8, 4) is 0 Å². The number of aromatic nitrogens is 3. The second-order valence-electron chi connectivity index (χ2n) is 7.44. The van der Waals surface area contributed by atoms with E-state index in [9.17, 15) is 9.59 Å². The Morgan fingerprint density at radius 3 is 2.52 bits per heavy atom. The third kappa shape index (κ3) is 4.64. The number of ether oxygens (including phenoxy) is 1. The number of methoxy groups -OCH3 is 1. The molecule has 1 saturated heterocycles. The number of likely N-dealkylation sites (tertiary alicyclic amines) is 1. The summed E-state index contributed by atoms with van der Waals surface area (Å²) in [7, 11) is 1.52. The Bertz CT molecular complexity index is 1010. The Morgan fingerprint density at radius 2 is 1.84 bits per heavy atom. The number of piperidine rings is 1. The molecule has 4 rings (SSSR count). The number of hydrogen-bond donors (Lipinski definition) is 1. The molecule has 8 nitrogen and oxygen atoms in total. The molecule has 2 amide bonds. The number of pyridine rings is 1. The highest BCUT2D eigenvalue weighted by Crippen LogP contribution is 2.27. The first-order chi connectivity index (χ1) is 15.2. The molecular weight excluding hydrogens is 394 g/mol. The highest BCUT2D eigenvalue weighted by Gasteiger charge is 2.27. The summed E-state index contributed by atoms with van der Waals surface area (Å²) in [5.41, 5.74) is 1.38. The molecule has 1 fully saturated rings. The highest BCUT2D eigenvalue weighted by molar-refractivity contribution is 5.94. The standard InChI is InChI=1S/C23H25N5O3/c1-31-21(17-6-3-2-4-7-17)22(29)26-20-9-13-25-28(20)19-10-14-27(15-11-19)23(30)18-8-5-12-24-16-18/h2-9,12-13,16,19,21H,10-11,14-15H2,1H3,(H,26,29)/t21-/m1/s1. The van der Waals surface area contributed by atoms with Gasteiger partial charge in [-0.25, -0.2) is 4.68 Å². The van der Waals surface area contributed by atoms with Crippen molar-refractivity contribution in [3.05, 3.63) is 78.2 Å². The lowest BCUT2D eigenvalue weighted by molar-refractivity contribution is -0.126. The number of nitrogens with zero attached hydrogens (tertiary/aromatic N) is 4. The first-order valence-corrected chi connectivity index (χ1v) is 10.3. The molecule has 0 aliphatic carbocycles. The van der Waals surface area contributed by atoms with E-state index in [1.807, 2.05) is 39.9 Å². The Morgan fingerprint density at radius 1 is 1.06 bits per heavy atom. The summed E-state index contributed by atoms with van der Waals surface area (Å²) in [6, 6.07) is 14.8. The Balaban J connectivity index is 1.40. The van der Waals surface area contributed by atoms with Crippen LogP contribution in [0.15, 0.2) is 67.1 Å². The van der Waals surface area contributed by atoms with E-state index < -0.39 is 6.10 Å². The van der Waals surface area contributed by atoms with Crippen molar-refractivity contribution in [2.75, 3.05) is 25.5 Å². The molecule has 0 radical (unpaired) electrons. The van der Waals surface area contributed by atoms with E-state index >= 15 is 0 Å². The molecule has 1 aliphatic rings. The van der Waals surface area contributed by atoms with E-state index in [2.05, 4.69) is 15.4 Å². The summed E-state index contributed by atoms with van der Waals surface area (Å²) in [6.07, 6.45) is 5.72. The molecule has 1 N–H and O–H groups in total. The van der Waals surface area contributed by atoms with Crippen LogP contribution in [0.3, 0.4) is 0 Å². The van der Waals surface area contributed by atoms with Crippen LogP contribution in [0, 0.1) is 0 Å². The van der Waals surface area contributed by atoms with Gasteiger partial charge in [-0.15, -0.1) is 0 Å². The van der Waals surface area contributed by atoms with Crippen LogP contribution >= 0.6 is 0 Å². The lowest BCUT2D eigenvalue weighted by Crippen LogP contribution is -2.39. The van der Waals surface area contributed by atoms with Gasteiger partial charge in [-0.05, 0) is 30.5 Å². The van der Waals surface area contributed by atoms with E-state index in [1.54, 1.807) is 36.8 Å². The molecule has 31 heavy (non-hydrogen) atoms. The summed E-state index contributed by atoms with van der Waals surface area (Å²) in [6.45, 7) is 1.24. The van der Waals surface area contributed by atoms with E-state index in [0.29, 0.717) is 24.5 Å². The second-order valence-corrected chi connectivity index (χ2v) is 7.44. The maximum absolute atomic E-state index is 12.8. The Labute approximate surface area is 180 Å². The largest absolute Gasteiger partial charge is 0.367 e. The summed E-state index contributed by atoms with van der Waals surface area (Å²) >= 11 is 0. The van der Waals surface area contributed by atoms with Gasteiger partial charge >= 0.3 is 0 Å². The van der Waals surface area contributed by atoms with Gasteiger partial charge in [-0.3, -0.25) is 14.6 Å². The van der Waals surface area contributed by atoms with Crippen molar-refractivity contribution in [1.82, 2.24) is 19.7 Å². The Hall–Kier alpha value is -3.52. The molecule has 1 aliphatic heterocycles. The fourth-order valence-electron chi connectivity index (χ4n) is 3.90. The first kappa shape index (κ1) is 20.7. The molecule has 0 saturated carbocycles. The van der Waals surface area contributed by atoms with Crippen LogP contribution in [-0.2, 0) is 9.53 Å². The molecule has 0 bridgehead atoms. The van der Waals surface area contributed by atoms with Gasteiger partial charge in [0.25, 0.3) is 11.8 Å². The normalized spacial score (nSPS) is 15.5. The lowest BCUT2D eigenvalue weighted by atomic mass is 10.0. The van der Waals surface area contributed by atoms with Crippen molar-refractivity contribution < 1.29 is 14.3 Å². The van der Waals surface area contributed by atoms with Gasteiger partial charge in [0.1, 0.15) is 5.82 Å². The summed E-state index contributed by atoms with van der Waals surface area (Å²) in [5, 5.41) is 7.37. The molecular formula is C23H25N5O3. The van der Waals surface area contributed by atoms with Crippen molar-refractivity contribution >= 4 is 17.6 Å². The predicted octanol–water partition coefficient (Wildman–Crippen LogP) is 3.08. The first-order valence-electron chi connectivity index (χ1n) is 10.3. The zero-order chi connectivity index (χ0) is 21.6. The number of benzene rings is 1. The average Bonchev–Trinajstić information content (AvgIpc) is 3.28. The third-order valence-electron chi connectivity index (χ3n) is 5.50. The maximum atomic E-state index is 12.8. The number of rotatable bonds is 6. The van der Waals surface area contributed by atoms with Gasteiger partial charge in [0.2, 0.25) is 0 Å². The van der Waals surface area contributed by atoms with E-state index in [-0.39, 0.29) is 17.9 Å². The lowest BCUT2D eigenvalue weighted by Gasteiger charge is -2.32. The fraction of sp³-hybridized carbons (Fsp3) is 0.304. The molecule has 1 aromatic carbocycles. The second kappa shape index (κ2) is 9.53. The van der Waals surface area contributed by atoms with Gasteiger partial charge in [-0.2, -0.15) is 5.10 Å². The smallest absolute Gasteiger partial charge is 0.259 e. The van der Waals surface area contributed by atoms with Crippen LogP contribution in [0.5, 0.6) is 0 Å². The molecule has 3 heterocycles. The molecule has 1 atom stereocenters. The monoisotopic (exact) mass is 419 g/mol. The highest BCUT2D eigenvalue weighted by atomic mass is 16.5. The number of amides is 2. The predicted molar refractivity (Wildman–Crippen MR) is 115 cm³/mol. The molecule has 3 aromatic rings. The van der Waals surface area contributed by atoms with Crippen LogP contribution in [0.1, 0.15) is 40.9 Å². The van der Waals surface area contributed by atoms with Crippen molar-refractivity contribution in [3.63, 3.8) is 0 Å². The van der Waals surface area contributed by atoms with Gasteiger partial charge < -0.3 is 15.0 Å². The van der Waals surface area contributed by atoms with Crippen LogP contribution in [0.2, 0.25) is 0 Å². The van der Waals surface area contributed by atoms with Gasteiger partial charge in [0.15, 0.2) is 6.10 Å². The molecule has 0 spiro atoms. The van der Waals surface area contributed by atoms with Gasteiger partial charge in [0, 0.05) is 38.7 Å². The van der Waals surface area contributed by atoms with Gasteiger partial charge in [0.05, 0.1) is 17.8 Å². The van der Waals surface area contributed by atoms with Crippen molar-refractivity contribution in [2.45, 2.75) is 25.0 Å². The van der Waals surface area contributed by atoms with Gasteiger partial charge in [-0.1, -0.05) is 30.3 Å². The zero-order valence-corrected chi connectivity index (χ0v) is 17.3. The van der Waals surface area contributed by atoms with Crippen LogP contribution in [0.25, 0.3) is 0 Å². The number of carbonyl (C=O) groups excluding carboxylic acids is 2. The molecule has 160 valence electrons. The fourth-order valence-corrected chi connectivity index (χ4v) is 3.90. The van der Waals surface area contributed by atoms with Crippen LogP contribution in [-0.4, -0.2) is 51.7 Å². The summed E-state index contributed by atoms with van der Waals surface area (Å²) in [5.74, 6) is 0.367. The van der Waals surface area contributed by atoms with E-state index in [1.165, 1.54) is 7.11 Å². The van der Waals surface area contributed by atoms with Crippen molar-refractivity contribution in [1.29, 1.82) is 0 Å². The minimum absolute atomic E-state index is 0.00802. The quantitative estimate of drug-likeness (QED) is 0.663. The number of anilines is 1. The SMILES string of the molecule is CO[C@@H](C(=O)Nc1ccnn1C1CCN(C(=O)c2cccnc2)CC1)c1ccccc1. The summed E-state index contributed by atoms with van der Waals surface area (Å²) < 4.78 is 7.26. The number of hydrogen-bond acceptors (Lipinski definition) is 5. The minimum atomic E-state index is -0.705. The number of nitrogens with one attached hydrogen (secondary N) is 1. The third-order valence-corrected chi connectivity index (χ3v) is 5.50. The molecule has 8 heteroatoms. The maximum Gasteiger partial charge on any atom is 0.259 e. The molecule has 0 unspecified atom stereocenters. The van der Waals surface area contributed by atoms with Crippen LogP contribution in [0.4, 0.5) is 5.82 Å². The average molecular weight is 419 g/mol. The molecule has 2 aromatic heterocycles. The van der Waals surface area contributed by atoms with E-state index in [0.717, 1.165) is 18.4 Å². The minimum Gasteiger partial charge on any atom is -0.367 e. The van der Waals surface area contributed by atoms with Crippen LogP contribution < -0.4 is 5.32 Å². The summed E-state index contributed by atoms with van der Waals surface area (Å²) in [4.78, 5) is 31.3. The topological polar surface area (TPSA) is 89.4 Å². The van der Waals surface area contributed by atoms with Crippen molar-refractivity contribution in [2.24, 2.45) is 0 Å².